The third kappa shape index (κ3) is 2.34. The van der Waals surface area contributed by atoms with E-state index in [4.69, 9.17) is 9.15 Å². The lowest BCUT2D eigenvalue weighted by Crippen LogP contribution is -1.90. The molecule has 0 aliphatic carbocycles. The molecule has 2 aromatic rings. The highest BCUT2D eigenvalue weighted by Crippen LogP contribution is 2.23. The predicted octanol–water partition coefficient (Wildman–Crippen LogP) is 3.63. The van der Waals surface area contributed by atoms with Crippen LogP contribution in [0.4, 0.5) is 0 Å². The molecule has 2 rings (SSSR count). The lowest BCUT2D eigenvalue weighted by atomic mass is 10.1. The molecule has 0 radical (unpaired) electrons. The first-order chi connectivity index (χ1) is 7.40. The highest BCUT2D eigenvalue weighted by Gasteiger charge is 2.11. The number of benzene rings is 1. The van der Waals surface area contributed by atoms with E-state index < -0.39 is 0 Å². The fourth-order valence-corrected chi connectivity index (χ4v) is 1.40. The van der Waals surface area contributed by atoms with Crippen molar-refractivity contribution in [3.8, 4) is 17.1 Å². The van der Waals surface area contributed by atoms with E-state index >= 15 is 0 Å². The van der Waals surface area contributed by atoms with Gasteiger partial charge in [0.15, 0.2) is 0 Å². The van der Waals surface area contributed by atoms with Gasteiger partial charge in [0.05, 0.1) is 24.3 Å². The zero-order chi connectivity index (χ0) is 10.5. The van der Waals surface area contributed by atoms with Crippen molar-refractivity contribution in [2.24, 2.45) is 0 Å². The van der Waals surface area contributed by atoms with Crippen LogP contribution in [-0.4, -0.2) is 6.61 Å². The number of hydrogen-bond acceptors (Lipinski definition) is 1. The van der Waals surface area contributed by atoms with Gasteiger partial charge in [-0.15, -0.1) is 0 Å². The van der Waals surface area contributed by atoms with E-state index in [0.717, 1.165) is 17.1 Å². The van der Waals surface area contributed by atoms with Gasteiger partial charge in [-0.05, 0) is 19.1 Å². The van der Waals surface area contributed by atoms with Crippen LogP contribution in [0.1, 0.15) is 6.92 Å². The Kier molecular flexibility index (Phi) is 2.98. The standard InChI is InChI=1S/C13H13O2/c1-2-14-12-8-9-15-13(10-12)11-6-4-3-5-7-11/h3-10H,2H2,1H3/q+1. The minimum absolute atomic E-state index is 0.665. The average Bonchev–Trinajstić information content (AvgIpc) is 2.31. The Morgan fingerprint density at radius 3 is 2.67 bits per heavy atom. The molecule has 0 bridgehead atoms. The van der Waals surface area contributed by atoms with Gasteiger partial charge >= 0.3 is 12.0 Å². The van der Waals surface area contributed by atoms with E-state index in [-0.39, 0.29) is 0 Å². The summed E-state index contributed by atoms with van der Waals surface area (Å²) < 4.78 is 10.8. The third-order valence-electron chi connectivity index (χ3n) is 2.07. The number of ether oxygens (including phenoxy) is 1. The number of rotatable bonds is 3. The molecule has 1 heterocycles. The molecule has 2 heteroatoms. The average molecular weight is 201 g/mol. The molecule has 76 valence electrons. The third-order valence-corrected chi connectivity index (χ3v) is 2.07. The van der Waals surface area contributed by atoms with Gasteiger partial charge in [0, 0.05) is 0 Å². The van der Waals surface area contributed by atoms with E-state index in [1.165, 1.54) is 0 Å². The Bertz CT molecular complexity index is 424. The molecule has 0 fully saturated rings. The van der Waals surface area contributed by atoms with Crippen LogP contribution in [-0.2, 0) is 0 Å². The Morgan fingerprint density at radius 1 is 1.13 bits per heavy atom. The van der Waals surface area contributed by atoms with E-state index in [1.807, 2.05) is 49.4 Å². The highest BCUT2D eigenvalue weighted by molar-refractivity contribution is 5.58. The summed E-state index contributed by atoms with van der Waals surface area (Å²) in [6, 6.07) is 13.7. The summed E-state index contributed by atoms with van der Waals surface area (Å²) in [6.45, 7) is 2.63. The SMILES string of the molecule is CCOc1cc[o+]c(-c2ccccc2)c1. The van der Waals surface area contributed by atoms with Crippen LogP contribution in [0.5, 0.6) is 5.75 Å². The normalized spacial score (nSPS) is 9.93. The Morgan fingerprint density at radius 2 is 1.93 bits per heavy atom. The van der Waals surface area contributed by atoms with E-state index in [9.17, 15) is 0 Å². The van der Waals surface area contributed by atoms with Gasteiger partial charge < -0.3 is 4.74 Å². The molecule has 2 nitrogen and oxygen atoms in total. The maximum Gasteiger partial charge on any atom is 0.363 e. The molecular formula is C13H13O2+. The van der Waals surface area contributed by atoms with Crippen molar-refractivity contribution in [2.75, 3.05) is 6.61 Å². The van der Waals surface area contributed by atoms with Gasteiger partial charge in [-0.3, -0.25) is 0 Å². The van der Waals surface area contributed by atoms with Crippen LogP contribution < -0.4 is 4.74 Å². The van der Waals surface area contributed by atoms with Crippen LogP contribution in [0, 0.1) is 0 Å². The molecular weight excluding hydrogens is 188 g/mol. The maximum atomic E-state index is 5.42. The second kappa shape index (κ2) is 4.60. The summed E-state index contributed by atoms with van der Waals surface area (Å²) in [7, 11) is 0. The smallest absolute Gasteiger partial charge is 0.363 e. The Balaban J connectivity index is 2.33. The van der Waals surface area contributed by atoms with Gasteiger partial charge in [-0.25, -0.2) is 4.42 Å². The van der Waals surface area contributed by atoms with Crippen LogP contribution >= 0.6 is 0 Å². The van der Waals surface area contributed by atoms with E-state index in [1.54, 1.807) is 6.26 Å². The molecule has 0 spiro atoms. The molecule has 0 N–H and O–H groups in total. The molecule has 0 amide bonds. The molecule has 0 aliphatic heterocycles. The summed E-state index contributed by atoms with van der Waals surface area (Å²) in [6.07, 6.45) is 1.65. The van der Waals surface area contributed by atoms with Crippen molar-refractivity contribution in [1.82, 2.24) is 0 Å². The van der Waals surface area contributed by atoms with Crippen molar-refractivity contribution in [2.45, 2.75) is 6.92 Å². The van der Waals surface area contributed by atoms with Gasteiger partial charge in [-0.2, -0.15) is 0 Å². The van der Waals surface area contributed by atoms with Gasteiger partial charge in [-0.1, -0.05) is 18.2 Å². The van der Waals surface area contributed by atoms with Crippen molar-refractivity contribution >= 4 is 0 Å². The lowest BCUT2D eigenvalue weighted by molar-refractivity contribution is 0.337. The van der Waals surface area contributed by atoms with Gasteiger partial charge in [0.1, 0.15) is 5.75 Å². The Hall–Kier alpha value is -1.83. The first kappa shape index (κ1) is 9.71. The van der Waals surface area contributed by atoms with E-state index in [0.29, 0.717) is 6.61 Å². The lowest BCUT2D eigenvalue weighted by Gasteiger charge is -1.98. The van der Waals surface area contributed by atoms with Gasteiger partial charge in [0.2, 0.25) is 0 Å². The van der Waals surface area contributed by atoms with E-state index in [2.05, 4.69) is 0 Å². The van der Waals surface area contributed by atoms with Crippen molar-refractivity contribution < 1.29 is 9.15 Å². The van der Waals surface area contributed by atoms with Crippen LogP contribution in [0.15, 0.2) is 53.1 Å². The minimum Gasteiger partial charge on any atom is -0.493 e. The van der Waals surface area contributed by atoms with Crippen molar-refractivity contribution in [1.29, 1.82) is 0 Å². The molecule has 0 saturated heterocycles. The van der Waals surface area contributed by atoms with Crippen LogP contribution in [0.2, 0.25) is 0 Å². The second-order valence-corrected chi connectivity index (χ2v) is 3.13. The zero-order valence-electron chi connectivity index (χ0n) is 8.64. The minimum atomic E-state index is 0.665. The zero-order valence-corrected chi connectivity index (χ0v) is 8.64. The molecule has 1 aromatic carbocycles. The van der Waals surface area contributed by atoms with Crippen molar-refractivity contribution in [3.05, 3.63) is 48.7 Å². The summed E-state index contributed by atoms with van der Waals surface area (Å²) in [5.74, 6) is 1.66. The fraction of sp³-hybridized carbons (Fsp3) is 0.154. The van der Waals surface area contributed by atoms with Crippen molar-refractivity contribution in [3.63, 3.8) is 0 Å². The quantitative estimate of drug-likeness (QED) is 0.707. The summed E-state index contributed by atoms with van der Waals surface area (Å²) in [5, 5.41) is 0. The van der Waals surface area contributed by atoms with Gasteiger partial charge in [0.25, 0.3) is 0 Å². The largest absolute Gasteiger partial charge is 0.493 e. The molecule has 1 aromatic heterocycles. The first-order valence-corrected chi connectivity index (χ1v) is 5.00. The van der Waals surface area contributed by atoms with Crippen LogP contribution in [0.3, 0.4) is 0 Å². The number of hydrogen-bond donors (Lipinski definition) is 0. The molecule has 0 saturated carbocycles. The summed E-state index contributed by atoms with van der Waals surface area (Å²) in [4.78, 5) is 0. The highest BCUT2D eigenvalue weighted by atomic mass is 16.5. The fourth-order valence-electron chi connectivity index (χ4n) is 1.40. The maximum absolute atomic E-state index is 5.42. The first-order valence-electron chi connectivity index (χ1n) is 5.00. The molecule has 0 aliphatic rings. The topological polar surface area (TPSA) is 20.5 Å². The summed E-state index contributed by atoms with van der Waals surface area (Å²) in [5.41, 5.74) is 1.05. The van der Waals surface area contributed by atoms with Crippen LogP contribution in [0.25, 0.3) is 11.3 Å². The Labute approximate surface area is 89.1 Å². The summed E-state index contributed by atoms with van der Waals surface area (Å²) >= 11 is 0. The molecule has 15 heavy (non-hydrogen) atoms. The molecule has 0 unspecified atom stereocenters. The second-order valence-electron chi connectivity index (χ2n) is 3.13. The predicted molar refractivity (Wildman–Crippen MR) is 59.7 cm³/mol. The molecule has 0 atom stereocenters. The monoisotopic (exact) mass is 201 g/mol.